The van der Waals surface area contributed by atoms with Crippen molar-refractivity contribution < 1.29 is 9.78 Å². The SMILES string of the molecule is Cc1ccc2cc(C#N)c(N3CCCN(C(=O)c4cccs4)CC3)[nH+]c2c1. The summed E-state index contributed by atoms with van der Waals surface area (Å²) >= 11 is 1.48. The van der Waals surface area contributed by atoms with Crippen molar-refractivity contribution in [1.29, 1.82) is 5.26 Å². The first-order valence-corrected chi connectivity index (χ1v) is 9.98. The molecule has 0 unspecified atom stereocenters. The van der Waals surface area contributed by atoms with Crippen molar-refractivity contribution in [1.82, 2.24) is 4.90 Å². The molecule has 1 aromatic carbocycles. The van der Waals surface area contributed by atoms with Crippen molar-refractivity contribution in [3.63, 3.8) is 0 Å². The highest BCUT2D eigenvalue weighted by atomic mass is 32.1. The van der Waals surface area contributed by atoms with E-state index in [1.807, 2.05) is 34.5 Å². The lowest BCUT2D eigenvalue weighted by molar-refractivity contribution is -0.330. The topological polar surface area (TPSA) is 61.5 Å². The van der Waals surface area contributed by atoms with Crippen LogP contribution in [0.15, 0.2) is 41.8 Å². The largest absolute Gasteiger partial charge is 0.334 e. The van der Waals surface area contributed by atoms with Gasteiger partial charge in [0.05, 0.1) is 18.0 Å². The van der Waals surface area contributed by atoms with Crippen LogP contribution in [0, 0.1) is 18.3 Å². The third-order valence-electron chi connectivity index (χ3n) is 4.97. The minimum Gasteiger partial charge on any atom is -0.334 e. The molecule has 5 nitrogen and oxygen atoms in total. The molecule has 6 heteroatoms. The third-order valence-corrected chi connectivity index (χ3v) is 5.83. The summed E-state index contributed by atoms with van der Waals surface area (Å²) in [5.41, 5.74) is 2.85. The van der Waals surface area contributed by atoms with E-state index in [0.717, 1.165) is 41.1 Å². The summed E-state index contributed by atoms with van der Waals surface area (Å²) in [6.07, 6.45) is 0.877. The molecule has 0 aliphatic carbocycles. The minimum absolute atomic E-state index is 0.102. The summed E-state index contributed by atoms with van der Waals surface area (Å²) in [4.78, 5) is 21.0. The van der Waals surface area contributed by atoms with Crippen LogP contribution in [-0.4, -0.2) is 37.0 Å². The quantitative estimate of drug-likeness (QED) is 0.689. The molecule has 3 aromatic rings. The van der Waals surface area contributed by atoms with Crippen molar-refractivity contribution >= 4 is 34.0 Å². The highest BCUT2D eigenvalue weighted by Gasteiger charge is 2.27. The molecule has 1 amide bonds. The first kappa shape index (κ1) is 17.5. The van der Waals surface area contributed by atoms with E-state index in [4.69, 9.17) is 0 Å². The van der Waals surface area contributed by atoms with E-state index in [-0.39, 0.29) is 5.91 Å². The number of aromatic amines is 1. The van der Waals surface area contributed by atoms with E-state index in [9.17, 15) is 10.1 Å². The fraction of sp³-hybridized carbons (Fsp3) is 0.286. The Morgan fingerprint density at radius 2 is 2.07 bits per heavy atom. The highest BCUT2D eigenvalue weighted by Crippen LogP contribution is 2.22. The number of nitrogens with one attached hydrogen (secondary N) is 1. The molecular weight excluding hydrogens is 356 g/mol. The Morgan fingerprint density at radius 1 is 1.19 bits per heavy atom. The third kappa shape index (κ3) is 3.51. The summed E-state index contributed by atoms with van der Waals surface area (Å²) in [6.45, 7) is 4.98. The molecule has 4 rings (SSSR count). The molecule has 1 aliphatic rings. The summed E-state index contributed by atoms with van der Waals surface area (Å²) < 4.78 is 0. The zero-order chi connectivity index (χ0) is 18.8. The van der Waals surface area contributed by atoms with Crippen LogP contribution in [0.3, 0.4) is 0 Å². The van der Waals surface area contributed by atoms with Crippen LogP contribution in [0.25, 0.3) is 10.9 Å². The number of carbonyl (C=O) groups excluding carboxylic acids is 1. The lowest BCUT2D eigenvalue weighted by Crippen LogP contribution is -2.36. The number of fused-ring (bicyclic) bond motifs is 1. The number of anilines is 1. The second-order valence-corrected chi connectivity index (χ2v) is 7.79. The van der Waals surface area contributed by atoms with Crippen LogP contribution >= 0.6 is 11.3 Å². The number of hydrogen-bond acceptors (Lipinski definition) is 4. The number of rotatable bonds is 2. The smallest absolute Gasteiger partial charge is 0.293 e. The molecule has 27 heavy (non-hydrogen) atoms. The molecule has 0 bridgehead atoms. The van der Waals surface area contributed by atoms with Crippen LogP contribution < -0.4 is 9.88 Å². The maximum atomic E-state index is 12.6. The number of benzene rings is 1. The zero-order valence-electron chi connectivity index (χ0n) is 15.2. The monoisotopic (exact) mass is 377 g/mol. The average molecular weight is 377 g/mol. The number of nitriles is 1. The fourth-order valence-electron chi connectivity index (χ4n) is 3.56. The Labute approximate surface area is 162 Å². The van der Waals surface area contributed by atoms with Gasteiger partial charge in [0.2, 0.25) is 0 Å². The molecule has 0 atom stereocenters. The van der Waals surface area contributed by atoms with Gasteiger partial charge < -0.3 is 4.90 Å². The normalized spacial score (nSPS) is 14.8. The van der Waals surface area contributed by atoms with Gasteiger partial charge in [-0.25, -0.2) is 4.98 Å². The van der Waals surface area contributed by atoms with Crippen LogP contribution in [0.4, 0.5) is 5.82 Å². The van der Waals surface area contributed by atoms with E-state index in [1.54, 1.807) is 0 Å². The van der Waals surface area contributed by atoms with Crippen LogP contribution in [0.5, 0.6) is 0 Å². The Balaban J connectivity index is 1.60. The Kier molecular flexibility index (Phi) is 4.78. The van der Waals surface area contributed by atoms with Crippen molar-refractivity contribution in [2.45, 2.75) is 13.3 Å². The van der Waals surface area contributed by atoms with Gasteiger partial charge in [0.1, 0.15) is 23.7 Å². The zero-order valence-corrected chi connectivity index (χ0v) is 16.1. The van der Waals surface area contributed by atoms with E-state index >= 15 is 0 Å². The van der Waals surface area contributed by atoms with Gasteiger partial charge in [-0.1, -0.05) is 18.2 Å². The van der Waals surface area contributed by atoms with Gasteiger partial charge in [-0.05, 0) is 36.1 Å². The number of aryl methyl sites for hydroxylation is 1. The molecule has 1 fully saturated rings. The number of hydrogen-bond donors (Lipinski definition) is 0. The number of amides is 1. The Morgan fingerprint density at radius 3 is 2.85 bits per heavy atom. The average Bonchev–Trinajstić information content (AvgIpc) is 3.11. The summed E-state index contributed by atoms with van der Waals surface area (Å²) in [6, 6.07) is 14.2. The maximum absolute atomic E-state index is 12.6. The van der Waals surface area contributed by atoms with Crippen molar-refractivity contribution in [2.75, 3.05) is 31.1 Å². The molecule has 1 saturated heterocycles. The summed E-state index contributed by atoms with van der Waals surface area (Å²) in [5.74, 6) is 0.950. The number of pyridine rings is 1. The van der Waals surface area contributed by atoms with E-state index in [2.05, 4.69) is 35.0 Å². The van der Waals surface area contributed by atoms with Gasteiger partial charge in [-0.15, -0.1) is 11.3 Å². The number of H-pyrrole nitrogens is 1. The lowest BCUT2D eigenvalue weighted by atomic mass is 10.1. The van der Waals surface area contributed by atoms with Crippen LogP contribution in [0.2, 0.25) is 0 Å². The first-order valence-electron chi connectivity index (χ1n) is 9.10. The molecule has 2 aromatic heterocycles. The van der Waals surface area contributed by atoms with Gasteiger partial charge in [-0.3, -0.25) is 9.69 Å². The van der Waals surface area contributed by atoms with Gasteiger partial charge in [0.15, 0.2) is 0 Å². The second-order valence-electron chi connectivity index (χ2n) is 6.84. The summed E-state index contributed by atoms with van der Waals surface area (Å²) in [5, 5.41) is 12.6. The molecule has 3 heterocycles. The molecule has 0 radical (unpaired) electrons. The van der Waals surface area contributed by atoms with Gasteiger partial charge in [0.25, 0.3) is 11.7 Å². The van der Waals surface area contributed by atoms with Gasteiger partial charge >= 0.3 is 0 Å². The predicted molar refractivity (Wildman–Crippen MR) is 107 cm³/mol. The number of thiophene rings is 1. The number of aromatic nitrogens is 1. The Bertz CT molecular complexity index is 1020. The van der Waals surface area contributed by atoms with E-state index < -0.39 is 0 Å². The molecule has 1 N–H and O–H groups in total. The summed E-state index contributed by atoms with van der Waals surface area (Å²) in [7, 11) is 0. The standard InChI is InChI=1S/C21H20N4OS/c1-15-5-6-16-13-17(14-22)20(23-18(16)12-15)24-7-3-8-25(10-9-24)21(26)19-4-2-11-27-19/h2,4-6,11-13H,3,7-10H2,1H3/p+1. The second kappa shape index (κ2) is 7.37. The number of nitrogens with zero attached hydrogens (tertiary/aromatic N) is 3. The maximum Gasteiger partial charge on any atom is 0.293 e. The molecular formula is C21H21N4OS+. The molecule has 0 spiro atoms. The molecule has 1 aliphatic heterocycles. The van der Waals surface area contributed by atoms with Crippen molar-refractivity contribution in [2.24, 2.45) is 0 Å². The van der Waals surface area contributed by atoms with E-state index in [1.165, 1.54) is 16.9 Å². The highest BCUT2D eigenvalue weighted by molar-refractivity contribution is 7.12. The van der Waals surface area contributed by atoms with E-state index in [0.29, 0.717) is 18.7 Å². The Hall–Kier alpha value is -2.91. The van der Waals surface area contributed by atoms with Crippen LogP contribution in [-0.2, 0) is 0 Å². The molecule has 136 valence electrons. The number of carbonyl (C=O) groups is 1. The molecule has 0 saturated carbocycles. The van der Waals surface area contributed by atoms with Crippen molar-refractivity contribution in [3.8, 4) is 6.07 Å². The van der Waals surface area contributed by atoms with Crippen molar-refractivity contribution in [3.05, 3.63) is 57.8 Å². The first-order chi connectivity index (χ1) is 13.2. The fourth-order valence-corrected chi connectivity index (χ4v) is 4.25. The predicted octanol–water partition coefficient (Wildman–Crippen LogP) is 3.25. The lowest BCUT2D eigenvalue weighted by Gasteiger charge is -2.19. The van der Waals surface area contributed by atoms with Gasteiger partial charge in [0, 0.05) is 18.4 Å². The van der Waals surface area contributed by atoms with Crippen LogP contribution in [0.1, 0.15) is 27.2 Å². The minimum atomic E-state index is 0.102. The van der Waals surface area contributed by atoms with Gasteiger partial charge in [-0.2, -0.15) is 5.26 Å².